The molecule has 2 rings (SSSR count). The molecule has 1 saturated heterocycles. The zero-order valence-electron chi connectivity index (χ0n) is 12.7. The summed E-state index contributed by atoms with van der Waals surface area (Å²) < 4.78 is 4.87. The molecule has 1 aliphatic rings. The first-order valence-electron chi connectivity index (χ1n) is 7.01. The standard InChI is InChI=1S/C15H16N2O5S/c1-3-22-15(19)8-14-16(13(18)9-23-14)10(2)11-5-4-6-12(7-11)17(20)21/h4-8,10H,3,9H2,1-2H3/b14-8-/t10-/m1/s1. The number of benzene rings is 1. The maximum atomic E-state index is 12.1. The van der Waals surface area contributed by atoms with Gasteiger partial charge in [-0.15, -0.1) is 0 Å². The van der Waals surface area contributed by atoms with Gasteiger partial charge in [-0.25, -0.2) is 4.79 Å². The van der Waals surface area contributed by atoms with Crippen molar-refractivity contribution >= 4 is 29.3 Å². The van der Waals surface area contributed by atoms with Crippen LogP contribution in [0.5, 0.6) is 0 Å². The molecule has 1 atom stereocenters. The number of carbonyl (C=O) groups excluding carboxylic acids is 2. The molecule has 0 saturated carbocycles. The van der Waals surface area contributed by atoms with Crippen LogP contribution in [0.15, 0.2) is 35.4 Å². The van der Waals surface area contributed by atoms with Crippen molar-refractivity contribution in [2.75, 3.05) is 12.4 Å². The summed E-state index contributed by atoms with van der Waals surface area (Å²) in [7, 11) is 0. The molecule has 1 heterocycles. The molecule has 122 valence electrons. The number of thioether (sulfide) groups is 1. The van der Waals surface area contributed by atoms with Crippen LogP contribution in [0.1, 0.15) is 25.5 Å². The Morgan fingerprint density at radius 2 is 2.30 bits per heavy atom. The van der Waals surface area contributed by atoms with Gasteiger partial charge in [0.1, 0.15) is 0 Å². The van der Waals surface area contributed by atoms with Crippen molar-refractivity contribution < 1.29 is 19.2 Å². The van der Waals surface area contributed by atoms with E-state index < -0.39 is 16.9 Å². The zero-order chi connectivity index (χ0) is 17.0. The van der Waals surface area contributed by atoms with Gasteiger partial charge < -0.3 is 4.74 Å². The van der Waals surface area contributed by atoms with E-state index in [0.29, 0.717) is 10.6 Å². The van der Waals surface area contributed by atoms with Gasteiger partial charge >= 0.3 is 5.97 Å². The third-order valence-electron chi connectivity index (χ3n) is 3.33. The van der Waals surface area contributed by atoms with Crippen LogP contribution in [0.3, 0.4) is 0 Å². The molecule has 7 nitrogen and oxygen atoms in total. The minimum Gasteiger partial charge on any atom is -0.463 e. The molecule has 0 aromatic heterocycles. The first-order valence-corrected chi connectivity index (χ1v) is 8.00. The molecule has 1 amide bonds. The van der Waals surface area contributed by atoms with Crippen molar-refractivity contribution in [3.05, 3.63) is 51.0 Å². The Bertz CT molecular complexity index is 674. The fourth-order valence-electron chi connectivity index (χ4n) is 2.25. The van der Waals surface area contributed by atoms with Crippen molar-refractivity contribution in [3.63, 3.8) is 0 Å². The Morgan fingerprint density at radius 3 is 2.96 bits per heavy atom. The minimum atomic E-state index is -0.513. The third kappa shape index (κ3) is 3.89. The van der Waals surface area contributed by atoms with Crippen LogP contribution in [0.4, 0.5) is 5.69 Å². The Balaban J connectivity index is 2.30. The monoisotopic (exact) mass is 336 g/mol. The summed E-state index contributed by atoms with van der Waals surface area (Å²) >= 11 is 1.25. The minimum absolute atomic E-state index is 0.0374. The Labute approximate surface area is 137 Å². The Kier molecular flexibility index (Phi) is 5.38. The number of hydrogen-bond acceptors (Lipinski definition) is 6. The van der Waals surface area contributed by atoms with Gasteiger partial charge in [0.15, 0.2) is 0 Å². The number of non-ortho nitro benzene ring substituents is 1. The maximum absolute atomic E-state index is 12.1. The number of nitro benzene ring substituents is 1. The number of ether oxygens (including phenoxy) is 1. The highest BCUT2D eigenvalue weighted by Gasteiger charge is 2.32. The molecule has 1 fully saturated rings. The van der Waals surface area contributed by atoms with E-state index in [1.54, 1.807) is 26.0 Å². The summed E-state index contributed by atoms with van der Waals surface area (Å²) in [5.41, 5.74) is 0.592. The second kappa shape index (κ2) is 7.28. The van der Waals surface area contributed by atoms with Crippen molar-refractivity contribution in [2.45, 2.75) is 19.9 Å². The normalized spacial score (nSPS) is 17.4. The molecule has 8 heteroatoms. The van der Waals surface area contributed by atoms with Crippen LogP contribution < -0.4 is 0 Å². The average molecular weight is 336 g/mol. The molecule has 1 aromatic rings. The highest BCUT2D eigenvalue weighted by atomic mass is 32.2. The van der Waals surface area contributed by atoms with Crippen molar-refractivity contribution in [1.29, 1.82) is 0 Å². The molecule has 0 unspecified atom stereocenters. The molecule has 1 aromatic carbocycles. The number of carbonyl (C=O) groups is 2. The first kappa shape index (κ1) is 17.0. The number of nitrogens with zero attached hydrogens (tertiary/aromatic N) is 2. The lowest BCUT2D eigenvalue weighted by molar-refractivity contribution is -0.384. The lowest BCUT2D eigenvalue weighted by Gasteiger charge is -2.25. The van der Waals surface area contributed by atoms with Gasteiger partial charge in [0.05, 0.1) is 34.4 Å². The van der Waals surface area contributed by atoms with Gasteiger partial charge in [-0.2, -0.15) is 0 Å². The number of amides is 1. The highest BCUT2D eigenvalue weighted by Crippen LogP contribution is 2.37. The molecule has 23 heavy (non-hydrogen) atoms. The fourth-order valence-corrected chi connectivity index (χ4v) is 3.24. The van der Waals surface area contributed by atoms with Crippen molar-refractivity contribution in [2.24, 2.45) is 0 Å². The average Bonchev–Trinajstić information content (AvgIpc) is 2.87. The molecular weight excluding hydrogens is 320 g/mol. The molecule has 0 N–H and O–H groups in total. The van der Waals surface area contributed by atoms with Crippen LogP contribution in [0.25, 0.3) is 0 Å². The molecular formula is C15H16N2O5S. The first-order chi connectivity index (χ1) is 10.9. The van der Waals surface area contributed by atoms with Crippen LogP contribution in [0, 0.1) is 10.1 Å². The van der Waals surface area contributed by atoms with Gasteiger partial charge in [-0.3, -0.25) is 19.8 Å². The number of nitro groups is 1. The predicted octanol–water partition coefficient (Wildman–Crippen LogP) is 2.64. The smallest absolute Gasteiger partial charge is 0.333 e. The zero-order valence-corrected chi connectivity index (χ0v) is 13.5. The largest absolute Gasteiger partial charge is 0.463 e. The van der Waals surface area contributed by atoms with Crippen LogP contribution in [-0.4, -0.2) is 34.1 Å². The van der Waals surface area contributed by atoms with E-state index in [4.69, 9.17) is 4.74 Å². The Morgan fingerprint density at radius 1 is 1.57 bits per heavy atom. The molecule has 1 aliphatic heterocycles. The summed E-state index contributed by atoms with van der Waals surface area (Å²) in [5, 5.41) is 11.4. The van der Waals surface area contributed by atoms with E-state index in [9.17, 15) is 19.7 Å². The van der Waals surface area contributed by atoms with Crippen molar-refractivity contribution in [3.8, 4) is 0 Å². The summed E-state index contributed by atoms with van der Waals surface area (Å²) in [6.45, 7) is 3.72. The van der Waals surface area contributed by atoms with Gasteiger partial charge in [-0.1, -0.05) is 23.9 Å². The van der Waals surface area contributed by atoms with Gasteiger partial charge in [0, 0.05) is 12.1 Å². The van der Waals surface area contributed by atoms with E-state index in [2.05, 4.69) is 0 Å². The van der Waals surface area contributed by atoms with Gasteiger partial charge in [-0.05, 0) is 19.4 Å². The SMILES string of the molecule is CCOC(=O)/C=C1\SCC(=O)N1[C@H](C)c1cccc([N+](=O)[O-])c1. The topological polar surface area (TPSA) is 89.8 Å². The van der Waals surface area contributed by atoms with E-state index in [0.717, 1.165) is 0 Å². The maximum Gasteiger partial charge on any atom is 0.333 e. The lowest BCUT2D eigenvalue weighted by Crippen LogP contribution is -2.28. The van der Waals surface area contributed by atoms with E-state index in [1.807, 2.05) is 0 Å². The summed E-state index contributed by atoms with van der Waals surface area (Å²) in [6, 6.07) is 5.70. The molecule has 0 radical (unpaired) electrons. The van der Waals surface area contributed by atoms with E-state index in [-0.39, 0.29) is 24.0 Å². The van der Waals surface area contributed by atoms with Crippen LogP contribution >= 0.6 is 11.8 Å². The lowest BCUT2D eigenvalue weighted by atomic mass is 10.1. The second-order valence-electron chi connectivity index (χ2n) is 4.82. The number of hydrogen-bond donors (Lipinski definition) is 0. The number of esters is 1. The quantitative estimate of drug-likeness (QED) is 0.355. The number of rotatable bonds is 5. The van der Waals surface area contributed by atoms with Crippen molar-refractivity contribution in [1.82, 2.24) is 4.90 Å². The molecule has 0 spiro atoms. The van der Waals surface area contributed by atoms with E-state index >= 15 is 0 Å². The van der Waals surface area contributed by atoms with Gasteiger partial charge in [0.25, 0.3) is 5.69 Å². The summed E-state index contributed by atoms with van der Waals surface area (Å²) in [4.78, 5) is 35.6. The van der Waals surface area contributed by atoms with Crippen LogP contribution in [-0.2, 0) is 14.3 Å². The molecule has 0 bridgehead atoms. The fraction of sp³-hybridized carbons (Fsp3) is 0.333. The van der Waals surface area contributed by atoms with Crippen LogP contribution in [0.2, 0.25) is 0 Å². The predicted molar refractivity (Wildman–Crippen MR) is 85.5 cm³/mol. The Hall–Kier alpha value is -2.35. The summed E-state index contributed by atoms with van der Waals surface area (Å²) in [6.07, 6.45) is 1.28. The highest BCUT2D eigenvalue weighted by molar-refractivity contribution is 8.04. The second-order valence-corrected chi connectivity index (χ2v) is 5.81. The van der Waals surface area contributed by atoms with E-state index in [1.165, 1.54) is 34.9 Å². The summed E-state index contributed by atoms with van der Waals surface area (Å²) in [5.74, 6) is -0.435. The van der Waals surface area contributed by atoms with Gasteiger partial charge in [0.2, 0.25) is 5.91 Å². The third-order valence-corrected chi connectivity index (χ3v) is 4.33. The molecule has 0 aliphatic carbocycles.